The van der Waals surface area contributed by atoms with Crippen molar-refractivity contribution in [1.82, 2.24) is 4.72 Å². The predicted molar refractivity (Wildman–Crippen MR) is 79.5 cm³/mol. The molecule has 1 aliphatic carbocycles. The fourth-order valence-electron chi connectivity index (χ4n) is 2.77. The van der Waals surface area contributed by atoms with Crippen molar-refractivity contribution in [3.8, 4) is 0 Å². The van der Waals surface area contributed by atoms with Gasteiger partial charge >= 0.3 is 5.97 Å². The Morgan fingerprint density at radius 3 is 2.48 bits per heavy atom. The fraction of sp³-hybridized carbons (Fsp3) is 0.533. The predicted octanol–water partition coefficient (Wildman–Crippen LogP) is 2.19. The summed E-state index contributed by atoms with van der Waals surface area (Å²) in [5, 5.41) is 0. The number of carbonyl (C=O) groups is 1. The molecule has 1 fully saturated rings. The van der Waals surface area contributed by atoms with E-state index in [1.807, 2.05) is 0 Å². The minimum absolute atomic E-state index is 0.0244. The first-order chi connectivity index (χ1) is 9.86. The Balaban J connectivity index is 2.30. The van der Waals surface area contributed by atoms with Crippen LogP contribution in [0.2, 0.25) is 0 Å². The van der Waals surface area contributed by atoms with Gasteiger partial charge in [-0.05, 0) is 36.8 Å². The standard InChI is InChI=1S/C15H21NO4S/c1-10-8-9-13(11(10)2)16-21(18,19)14-7-5-4-6-12(14)15(17)20-3/h4-7,10-11,13,16H,8-9H2,1-3H3. The van der Waals surface area contributed by atoms with Crippen LogP contribution in [0.25, 0.3) is 0 Å². The molecule has 116 valence electrons. The average molecular weight is 311 g/mol. The van der Waals surface area contributed by atoms with Crippen molar-refractivity contribution >= 4 is 16.0 Å². The number of hydrogen-bond donors (Lipinski definition) is 1. The van der Waals surface area contributed by atoms with Gasteiger partial charge in [-0.1, -0.05) is 26.0 Å². The normalized spacial score (nSPS) is 25.8. The third-order valence-corrected chi connectivity index (χ3v) is 5.90. The van der Waals surface area contributed by atoms with Crippen molar-refractivity contribution in [3.05, 3.63) is 29.8 Å². The largest absolute Gasteiger partial charge is 0.465 e. The Morgan fingerprint density at radius 2 is 1.90 bits per heavy atom. The van der Waals surface area contributed by atoms with Crippen LogP contribution in [0.5, 0.6) is 0 Å². The molecule has 21 heavy (non-hydrogen) atoms. The van der Waals surface area contributed by atoms with Crippen LogP contribution in [-0.4, -0.2) is 27.5 Å². The molecule has 0 saturated heterocycles. The lowest BCUT2D eigenvalue weighted by Crippen LogP contribution is -2.37. The molecule has 0 spiro atoms. The molecule has 0 bridgehead atoms. The number of benzene rings is 1. The van der Waals surface area contributed by atoms with Gasteiger partial charge in [0.2, 0.25) is 10.0 Å². The molecule has 6 heteroatoms. The number of sulfonamides is 1. The maximum atomic E-state index is 12.6. The number of methoxy groups -OCH3 is 1. The third kappa shape index (κ3) is 3.27. The highest BCUT2D eigenvalue weighted by Gasteiger charge is 2.34. The average Bonchev–Trinajstić information content (AvgIpc) is 2.78. The number of hydrogen-bond acceptors (Lipinski definition) is 4. The molecule has 1 aliphatic rings. The van der Waals surface area contributed by atoms with E-state index in [-0.39, 0.29) is 22.4 Å². The fourth-order valence-corrected chi connectivity index (χ4v) is 4.33. The Kier molecular flexibility index (Phi) is 4.68. The highest BCUT2D eigenvalue weighted by Crippen LogP contribution is 2.32. The Bertz CT molecular complexity index is 626. The van der Waals surface area contributed by atoms with Crippen LogP contribution in [-0.2, 0) is 14.8 Å². The second kappa shape index (κ2) is 6.15. The molecule has 0 radical (unpaired) electrons. The summed E-state index contributed by atoms with van der Waals surface area (Å²) >= 11 is 0. The van der Waals surface area contributed by atoms with E-state index in [1.54, 1.807) is 12.1 Å². The molecule has 2 rings (SSSR count). The van der Waals surface area contributed by atoms with Crippen molar-refractivity contribution in [2.75, 3.05) is 7.11 Å². The van der Waals surface area contributed by atoms with Crippen molar-refractivity contribution in [2.24, 2.45) is 11.8 Å². The van der Waals surface area contributed by atoms with E-state index in [1.165, 1.54) is 19.2 Å². The molecular weight excluding hydrogens is 290 g/mol. The van der Waals surface area contributed by atoms with Crippen LogP contribution in [0.1, 0.15) is 37.0 Å². The third-order valence-electron chi connectivity index (χ3n) is 4.35. The lowest BCUT2D eigenvalue weighted by atomic mass is 9.98. The molecule has 1 saturated carbocycles. The second-order valence-corrected chi connectivity index (χ2v) is 7.31. The van der Waals surface area contributed by atoms with E-state index in [2.05, 4.69) is 23.3 Å². The molecule has 3 atom stereocenters. The first kappa shape index (κ1) is 16.0. The van der Waals surface area contributed by atoms with Crippen molar-refractivity contribution in [1.29, 1.82) is 0 Å². The molecule has 1 aromatic carbocycles. The van der Waals surface area contributed by atoms with Gasteiger partial charge in [0.05, 0.1) is 17.6 Å². The van der Waals surface area contributed by atoms with Gasteiger partial charge in [0, 0.05) is 6.04 Å². The minimum Gasteiger partial charge on any atom is -0.465 e. The van der Waals surface area contributed by atoms with Gasteiger partial charge in [-0.25, -0.2) is 17.9 Å². The number of nitrogens with one attached hydrogen (secondary N) is 1. The summed E-state index contributed by atoms with van der Waals surface area (Å²) in [4.78, 5) is 11.7. The van der Waals surface area contributed by atoms with Crippen molar-refractivity contribution in [2.45, 2.75) is 37.6 Å². The first-order valence-electron chi connectivity index (χ1n) is 7.06. The summed E-state index contributed by atoms with van der Waals surface area (Å²) in [5.74, 6) is 0.127. The molecule has 1 N–H and O–H groups in total. The van der Waals surface area contributed by atoms with E-state index in [9.17, 15) is 13.2 Å². The Morgan fingerprint density at radius 1 is 1.24 bits per heavy atom. The van der Waals surface area contributed by atoms with Crippen LogP contribution < -0.4 is 4.72 Å². The van der Waals surface area contributed by atoms with E-state index >= 15 is 0 Å². The number of ether oxygens (including phenoxy) is 1. The lowest BCUT2D eigenvalue weighted by Gasteiger charge is -2.20. The lowest BCUT2D eigenvalue weighted by molar-refractivity contribution is 0.0596. The molecule has 0 heterocycles. The van der Waals surface area contributed by atoms with Gasteiger partial charge in [-0.15, -0.1) is 0 Å². The summed E-state index contributed by atoms with van der Waals surface area (Å²) in [6, 6.07) is 6.02. The quantitative estimate of drug-likeness (QED) is 0.865. The summed E-state index contributed by atoms with van der Waals surface area (Å²) in [7, 11) is -2.50. The number of esters is 1. The molecule has 1 aromatic rings. The first-order valence-corrected chi connectivity index (χ1v) is 8.55. The van der Waals surface area contributed by atoms with Crippen LogP contribution in [0.4, 0.5) is 0 Å². The smallest absolute Gasteiger partial charge is 0.339 e. The topological polar surface area (TPSA) is 72.5 Å². The molecule has 5 nitrogen and oxygen atoms in total. The zero-order chi connectivity index (χ0) is 15.6. The second-order valence-electron chi connectivity index (χ2n) is 5.63. The van der Waals surface area contributed by atoms with Crippen LogP contribution in [0.15, 0.2) is 29.2 Å². The highest BCUT2D eigenvalue weighted by atomic mass is 32.2. The van der Waals surface area contributed by atoms with Crippen molar-refractivity contribution in [3.63, 3.8) is 0 Å². The van der Waals surface area contributed by atoms with Crippen LogP contribution in [0, 0.1) is 11.8 Å². The zero-order valence-corrected chi connectivity index (χ0v) is 13.3. The molecule has 0 aliphatic heterocycles. The molecular formula is C15H21NO4S. The van der Waals surface area contributed by atoms with E-state index in [0.717, 1.165) is 12.8 Å². The summed E-state index contributed by atoms with van der Waals surface area (Å²) in [6.45, 7) is 4.18. The molecule has 0 aromatic heterocycles. The highest BCUT2D eigenvalue weighted by molar-refractivity contribution is 7.89. The van der Waals surface area contributed by atoms with Gasteiger partial charge in [-0.2, -0.15) is 0 Å². The van der Waals surface area contributed by atoms with E-state index < -0.39 is 16.0 Å². The monoisotopic (exact) mass is 311 g/mol. The van der Waals surface area contributed by atoms with E-state index in [4.69, 9.17) is 0 Å². The zero-order valence-electron chi connectivity index (χ0n) is 12.5. The molecule has 0 amide bonds. The summed E-state index contributed by atoms with van der Waals surface area (Å²) in [6.07, 6.45) is 1.83. The summed E-state index contributed by atoms with van der Waals surface area (Å²) < 4.78 is 32.5. The van der Waals surface area contributed by atoms with Gasteiger partial charge in [0.25, 0.3) is 0 Å². The molecule has 3 unspecified atom stereocenters. The number of rotatable bonds is 4. The van der Waals surface area contributed by atoms with Gasteiger partial charge < -0.3 is 4.74 Å². The Hall–Kier alpha value is -1.40. The summed E-state index contributed by atoms with van der Waals surface area (Å²) in [5.41, 5.74) is 0.0613. The van der Waals surface area contributed by atoms with Gasteiger partial charge in [0.15, 0.2) is 0 Å². The Labute approximate surface area is 125 Å². The number of carbonyl (C=O) groups excluding carboxylic acids is 1. The maximum Gasteiger partial charge on any atom is 0.339 e. The van der Waals surface area contributed by atoms with E-state index in [0.29, 0.717) is 5.92 Å². The van der Waals surface area contributed by atoms with Crippen LogP contribution >= 0.6 is 0 Å². The maximum absolute atomic E-state index is 12.6. The van der Waals surface area contributed by atoms with Crippen molar-refractivity contribution < 1.29 is 17.9 Å². The SMILES string of the molecule is COC(=O)c1ccccc1S(=O)(=O)NC1CCC(C)C1C. The van der Waals surface area contributed by atoms with Crippen LogP contribution in [0.3, 0.4) is 0 Å². The van der Waals surface area contributed by atoms with Gasteiger partial charge in [0.1, 0.15) is 0 Å². The minimum atomic E-state index is -3.74. The van der Waals surface area contributed by atoms with Gasteiger partial charge in [-0.3, -0.25) is 0 Å².